The van der Waals surface area contributed by atoms with Gasteiger partial charge in [0.05, 0.1) is 6.54 Å². The second-order valence-electron chi connectivity index (χ2n) is 6.18. The first-order valence-electron chi connectivity index (χ1n) is 8.09. The number of piperidine rings is 1. The van der Waals surface area contributed by atoms with Crippen molar-refractivity contribution in [2.45, 2.75) is 52.0 Å². The summed E-state index contributed by atoms with van der Waals surface area (Å²) in [6, 6.07) is 2.04. The Morgan fingerprint density at radius 1 is 1.24 bits per heavy atom. The fourth-order valence-electron chi connectivity index (χ4n) is 2.96. The second kappa shape index (κ2) is 6.41. The van der Waals surface area contributed by atoms with Gasteiger partial charge in [-0.1, -0.05) is 6.42 Å². The Morgan fingerprint density at radius 2 is 2.00 bits per heavy atom. The molecule has 2 aliphatic rings. The van der Waals surface area contributed by atoms with Gasteiger partial charge < -0.3 is 10.2 Å². The number of aromatic nitrogens is 2. The molecular formula is C16H24N4O. The fraction of sp³-hybridized carbons (Fsp3) is 0.688. The van der Waals surface area contributed by atoms with Crippen LogP contribution in [0.1, 0.15) is 50.0 Å². The minimum atomic E-state index is 0.158. The van der Waals surface area contributed by atoms with Gasteiger partial charge in [-0.3, -0.25) is 4.79 Å². The molecule has 2 heterocycles. The van der Waals surface area contributed by atoms with Crippen LogP contribution in [-0.4, -0.2) is 29.0 Å². The lowest BCUT2D eigenvalue weighted by Crippen LogP contribution is -2.35. The molecule has 0 unspecified atom stereocenters. The normalized spacial score (nSPS) is 19.2. The number of nitrogens with zero attached hydrogens (tertiary/aromatic N) is 3. The molecule has 1 aromatic rings. The summed E-state index contributed by atoms with van der Waals surface area (Å²) in [7, 11) is 0. The Hall–Kier alpha value is -1.65. The molecule has 1 aromatic heterocycles. The first-order valence-corrected chi connectivity index (χ1v) is 8.09. The highest BCUT2D eigenvalue weighted by Crippen LogP contribution is 2.26. The maximum absolute atomic E-state index is 11.9. The molecule has 1 saturated carbocycles. The van der Waals surface area contributed by atoms with Gasteiger partial charge in [0, 0.05) is 30.8 Å². The van der Waals surface area contributed by atoms with E-state index in [1.54, 1.807) is 0 Å². The molecule has 2 fully saturated rings. The van der Waals surface area contributed by atoms with Crippen molar-refractivity contribution in [2.75, 3.05) is 18.0 Å². The van der Waals surface area contributed by atoms with Crippen molar-refractivity contribution < 1.29 is 4.79 Å². The molecule has 0 radical (unpaired) electrons. The van der Waals surface area contributed by atoms with Gasteiger partial charge in [-0.15, -0.1) is 0 Å². The molecule has 114 valence electrons. The number of hydrogen-bond acceptors (Lipinski definition) is 4. The number of carbonyl (C=O) groups is 1. The predicted octanol–water partition coefficient (Wildman–Crippen LogP) is 2.19. The highest BCUT2D eigenvalue weighted by Gasteiger charge is 2.25. The molecule has 0 atom stereocenters. The van der Waals surface area contributed by atoms with E-state index in [0.717, 1.165) is 43.3 Å². The van der Waals surface area contributed by atoms with E-state index in [1.165, 1.54) is 25.7 Å². The predicted molar refractivity (Wildman–Crippen MR) is 82.0 cm³/mol. The van der Waals surface area contributed by atoms with Crippen LogP contribution in [0.3, 0.4) is 0 Å². The third kappa shape index (κ3) is 3.52. The Balaban J connectivity index is 1.64. The lowest BCUT2D eigenvalue weighted by atomic mass is 9.85. The van der Waals surface area contributed by atoms with Crippen molar-refractivity contribution in [1.29, 1.82) is 0 Å². The number of rotatable bonds is 4. The molecule has 21 heavy (non-hydrogen) atoms. The average Bonchev–Trinajstić information content (AvgIpc) is 2.44. The van der Waals surface area contributed by atoms with Crippen LogP contribution in [0, 0.1) is 12.8 Å². The summed E-state index contributed by atoms with van der Waals surface area (Å²) in [5.41, 5.74) is 0.971. The van der Waals surface area contributed by atoms with Crippen LogP contribution in [0.5, 0.6) is 0 Å². The molecule has 1 aliphatic carbocycles. The van der Waals surface area contributed by atoms with Crippen LogP contribution in [0.15, 0.2) is 6.07 Å². The van der Waals surface area contributed by atoms with Gasteiger partial charge >= 0.3 is 0 Å². The van der Waals surface area contributed by atoms with Gasteiger partial charge in [0.1, 0.15) is 11.6 Å². The molecule has 1 saturated heterocycles. The first-order chi connectivity index (χ1) is 10.2. The van der Waals surface area contributed by atoms with Crippen molar-refractivity contribution in [2.24, 2.45) is 5.92 Å². The summed E-state index contributed by atoms with van der Waals surface area (Å²) in [4.78, 5) is 23.3. The van der Waals surface area contributed by atoms with E-state index >= 15 is 0 Å². The molecule has 5 nitrogen and oxygen atoms in total. The van der Waals surface area contributed by atoms with Crippen LogP contribution in [0.25, 0.3) is 0 Å². The first kappa shape index (κ1) is 14.3. The van der Waals surface area contributed by atoms with E-state index in [1.807, 2.05) is 13.0 Å². The van der Waals surface area contributed by atoms with E-state index in [0.29, 0.717) is 6.54 Å². The van der Waals surface area contributed by atoms with Crippen molar-refractivity contribution in [3.63, 3.8) is 0 Å². The average molecular weight is 288 g/mol. The van der Waals surface area contributed by atoms with Crippen molar-refractivity contribution in [3.8, 4) is 0 Å². The molecule has 1 N–H and O–H groups in total. The molecule has 5 heteroatoms. The van der Waals surface area contributed by atoms with Gasteiger partial charge in [0.25, 0.3) is 0 Å². The Labute approximate surface area is 126 Å². The maximum Gasteiger partial charge on any atom is 0.223 e. The van der Waals surface area contributed by atoms with Crippen molar-refractivity contribution in [3.05, 3.63) is 17.6 Å². The van der Waals surface area contributed by atoms with Crippen LogP contribution in [-0.2, 0) is 11.3 Å². The van der Waals surface area contributed by atoms with Crippen molar-refractivity contribution >= 4 is 11.7 Å². The zero-order valence-corrected chi connectivity index (χ0v) is 12.8. The number of aryl methyl sites for hydroxylation is 1. The van der Waals surface area contributed by atoms with Crippen LogP contribution in [0.2, 0.25) is 0 Å². The molecule has 0 aromatic carbocycles. The molecule has 0 bridgehead atoms. The smallest absolute Gasteiger partial charge is 0.223 e. The minimum Gasteiger partial charge on any atom is -0.357 e. The van der Waals surface area contributed by atoms with Crippen LogP contribution >= 0.6 is 0 Å². The molecular weight excluding hydrogens is 264 g/mol. The molecule has 1 aliphatic heterocycles. The lowest BCUT2D eigenvalue weighted by molar-refractivity contribution is -0.127. The highest BCUT2D eigenvalue weighted by atomic mass is 16.1. The number of amides is 1. The summed E-state index contributed by atoms with van der Waals surface area (Å²) in [6.07, 6.45) is 7.01. The Kier molecular flexibility index (Phi) is 4.36. The van der Waals surface area contributed by atoms with E-state index in [-0.39, 0.29) is 11.8 Å². The van der Waals surface area contributed by atoms with E-state index in [9.17, 15) is 4.79 Å². The van der Waals surface area contributed by atoms with E-state index in [2.05, 4.69) is 20.2 Å². The molecule has 0 spiro atoms. The third-order valence-corrected chi connectivity index (χ3v) is 4.46. The highest BCUT2D eigenvalue weighted by molar-refractivity contribution is 5.79. The van der Waals surface area contributed by atoms with E-state index < -0.39 is 0 Å². The van der Waals surface area contributed by atoms with Gasteiger partial charge in [-0.2, -0.15) is 0 Å². The van der Waals surface area contributed by atoms with Gasteiger partial charge in [0.15, 0.2) is 0 Å². The Bertz CT molecular complexity index is 507. The number of anilines is 1. The number of nitrogens with one attached hydrogen (secondary N) is 1. The quantitative estimate of drug-likeness (QED) is 0.922. The summed E-state index contributed by atoms with van der Waals surface area (Å²) in [5, 5.41) is 2.98. The standard InChI is InChI=1S/C16H24N4O/c1-12-10-15(20-8-3-2-4-9-20)19-14(18-12)11-17-16(21)13-6-5-7-13/h10,13H,2-9,11H2,1H3,(H,17,21). The maximum atomic E-state index is 11.9. The zero-order valence-electron chi connectivity index (χ0n) is 12.8. The fourth-order valence-corrected chi connectivity index (χ4v) is 2.96. The number of carbonyl (C=O) groups excluding carboxylic acids is 1. The summed E-state index contributed by atoms with van der Waals surface area (Å²) >= 11 is 0. The SMILES string of the molecule is Cc1cc(N2CCCCC2)nc(CNC(=O)C2CCC2)n1. The third-order valence-electron chi connectivity index (χ3n) is 4.46. The van der Waals surface area contributed by atoms with Crippen LogP contribution < -0.4 is 10.2 Å². The largest absolute Gasteiger partial charge is 0.357 e. The lowest BCUT2D eigenvalue weighted by Gasteiger charge is -2.28. The topological polar surface area (TPSA) is 58.1 Å². The monoisotopic (exact) mass is 288 g/mol. The Morgan fingerprint density at radius 3 is 2.67 bits per heavy atom. The summed E-state index contributed by atoms with van der Waals surface area (Å²) in [6.45, 7) is 4.58. The summed E-state index contributed by atoms with van der Waals surface area (Å²) in [5.74, 6) is 2.11. The number of hydrogen-bond donors (Lipinski definition) is 1. The minimum absolute atomic E-state index is 0.158. The summed E-state index contributed by atoms with van der Waals surface area (Å²) < 4.78 is 0. The zero-order chi connectivity index (χ0) is 14.7. The second-order valence-corrected chi connectivity index (χ2v) is 6.18. The van der Waals surface area contributed by atoms with E-state index in [4.69, 9.17) is 0 Å². The van der Waals surface area contributed by atoms with Gasteiger partial charge in [-0.25, -0.2) is 9.97 Å². The molecule has 1 amide bonds. The van der Waals surface area contributed by atoms with Gasteiger partial charge in [0.2, 0.25) is 5.91 Å². The van der Waals surface area contributed by atoms with Crippen LogP contribution in [0.4, 0.5) is 5.82 Å². The molecule has 3 rings (SSSR count). The van der Waals surface area contributed by atoms with Crippen molar-refractivity contribution in [1.82, 2.24) is 15.3 Å². The van der Waals surface area contributed by atoms with Gasteiger partial charge in [-0.05, 0) is 39.0 Å².